The summed E-state index contributed by atoms with van der Waals surface area (Å²) in [6, 6.07) is 74.5. The van der Waals surface area contributed by atoms with Crippen LogP contribution in [0, 0.1) is 0 Å². The minimum absolute atomic E-state index is 1.08. The van der Waals surface area contributed by atoms with Crippen molar-refractivity contribution in [2.45, 2.75) is 0 Å². The number of nitrogens with zero attached hydrogens (tertiary/aromatic N) is 2. The molecule has 3 heteroatoms. The Morgan fingerprint density at radius 2 is 0.821 bits per heavy atom. The fourth-order valence-electron chi connectivity index (χ4n) is 7.72. The predicted molar refractivity (Wildman–Crippen MR) is 239 cm³/mol. The maximum absolute atomic E-state index is 4.42. The lowest BCUT2D eigenvalue weighted by molar-refractivity contribution is 1.28. The molecule has 0 atom stereocenters. The van der Waals surface area contributed by atoms with Gasteiger partial charge in [-0.1, -0.05) is 146 Å². The van der Waals surface area contributed by atoms with E-state index in [0.717, 1.165) is 39.3 Å². The van der Waals surface area contributed by atoms with E-state index < -0.39 is 0 Å². The molecule has 10 aromatic rings. The van der Waals surface area contributed by atoms with Crippen LogP contribution in [0.1, 0.15) is 0 Å². The summed E-state index contributed by atoms with van der Waals surface area (Å²) in [6.07, 6.45) is 3.75. The Labute approximate surface area is 331 Å². The second-order valence-corrected chi connectivity index (χ2v) is 15.1. The first kappa shape index (κ1) is 33.5. The minimum atomic E-state index is 1.08. The molecule has 264 valence electrons. The van der Waals surface area contributed by atoms with Crippen molar-refractivity contribution in [2.75, 3.05) is 4.90 Å². The Morgan fingerprint density at radius 1 is 0.339 bits per heavy atom. The molecule has 0 aliphatic rings. The number of hydrogen-bond acceptors (Lipinski definition) is 3. The lowest BCUT2D eigenvalue weighted by Gasteiger charge is -2.29. The molecule has 0 aliphatic heterocycles. The van der Waals surface area contributed by atoms with Gasteiger partial charge in [0.15, 0.2) is 0 Å². The minimum Gasteiger partial charge on any atom is -0.310 e. The molecular formula is C53H36N2S. The van der Waals surface area contributed by atoms with E-state index in [9.17, 15) is 0 Å². The maximum atomic E-state index is 4.42. The SMILES string of the molecule is c1ccc(-c2ccc(-c3ccc(N(c4ccc(-c5ccc6sc7ccccc7c6c5)cc4)c4ccc(-c5cccnc5)cc4-c4ccccc4)cc3)cc2)cc1. The van der Waals surface area contributed by atoms with Gasteiger partial charge in [0.05, 0.1) is 5.69 Å². The monoisotopic (exact) mass is 732 g/mol. The highest BCUT2D eigenvalue weighted by Crippen LogP contribution is 2.44. The summed E-state index contributed by atoms with van der Waals surface area (Å²) in [5.41, 5.74) is 15.0. The van der Waals surface area contributed by atoms with E-state index in [2.05, 4.69) is 210 Å². The molecular weight excluding hydrogens is 697 g/mol. The molecule has 0 saturated heterocycles. The zero-order chi connectivity index (χ0) is 37.3. The van der Waals surface area contributed by atoms with Gasteiger partial charge >= 0.3 is 0 Å². The average molecular weight is 733 g/mol. The Hall–Kier alpha value is -7.07. The van der Waals surface area contributed by atoms with Crippen LogP contribution in [0.2, 0.25) is 0 Å². The molecule has 2 heterocycles. The van der Waals surface area contributed by atoms with Crippen LogP contribution in [0.5, 0.6) is 0 Å². The van der Waals surface area contributed by atoms with Crippen LogP contribution < -0.4 is 4.90 Å². The van der Waals surface area contributed by atoms with Crippen LogP contribution in [0.15, 0.2) is 219 Å². The van der Waals surface area contributed by atoms with Gasteiger partial charge in [-0.2, -0.15) is 0 Å². The third kappa shape index (κ3) is 6.45. The van der Waals surface area contributed by atoms with Crippen molar-refractivity contribution in [3.05, 3.63) is 219 Å². The van der Waals surface area contributed by atoms with Crippen LogP contribution in [0.4, 0.5) is 17.1 Å². The third-order valence-corrected chi connectivity index (χ3v) is 11.8. The zero-order valence-corrected chi connectivity index (χ0v) is 31.4. The lowest BCUT2D eigenvalue weighted by Crippen LogP contribution is -2.11. The van der Waals surface area contributed by atoms with Crippen molar-refractivity contribution in [1.82, 2.24) is 4.98 Å². The van der Waals surface area contributed by atoms with E-state index in [0.29, 0.717) is 0 Å². The highest BCUT2D eigenvalue weighted by Gasteiger charge is 2.19. The smallest absolute Gasteiger partial charge is 0.0540 e. The molecule has 2 nitrogen and oxygen atoms in total. The standard InChI is InChI=1S/C53H36N2S/c1-3-10-37(11-4-1)38-17-19-39(20-18-38)40-21-27-46(28-22-40)55(51-31-25-44(45-14-9-33-54-36-45)34-49(51)42-12-5-2-6-13-42)47-29-23-41(24-30-47)43-26-32-53-50(35-43)48-15-7-8-16-52(48)56-53/h1-36H. The normalized spacial score (nSPS) is 11.2. The van der Waals surface area contributed by atoms with Crippen LogP contribution in [0.3, 0.4) is 0 Å². The van der Waals surface area contributed by atoms with Gasteiger partial charge in [0.1, 0.15) is 0 Å². The first-order valence-corrected chi connectivity index (χ1v) is 19.7. The highest BCUT2D eigenvalue weighted by molar-refractivity contribution is 7.25. The van der Waals surface area contributed by atoms with Gasteiger partial charge in [-0.05, 0) is 105 Å². The van der Waals surface area contributed by atoms with E-state index in [-0.39, 0.29) is 0 Å². The summed E-state index contributed by atoms with van der Waals surface area (Å²) >= 11 is 1.85. The molecule has 56 heavy (non-hydrogen) atoms. The molecule has 0 amide bonds. The number of anilines is 3. The Bertz CT molecular complexity index is 2920. The number of thiophene rings is 1. The summed E-state index contributed by atoms with van der Waals surface area (Å²) < 4.78 is 2.64. The molecule has 8 aromatic carbocycles. The largest absolute Gasteiger partial charge is 0.310 e. The molecule has 0 unspecified atom stereocenters. The Balaban J connectivity index is 1.07. The quantitative estimate of drug-likeness (QED) is 0.155. The molecule has 10 rings (SSSR count). The van der Waals surface area contributed by atoms with Crippen molar-refractivity contribution in [1.29, 1.82) is 0 Å². The number of rotatable bonds is 8. The molecule has 0 aliphatic carbocycles. The topological polar surface area (TPSA) is 16.1 Å². The maximum Gasteiger partial charge on any atom is 0.0540 e. The van der Waals surface area contributed by atoms with Gasteiger partial charge in [0.25, 0.3) is 0 Å². The third-order valence-electron chi connectivity index (χ3n) is 10.6. The van der Waals surface area contributed by atoms with Gasteiger partial charge in [-0.25, -0.2) is 0 Å². The predicted octanol–water partition coefficient (Wildman–Crippen LogP) is 15.3. The average Bonchev–Trinajstić information content (AvgIpc) is 3.66. The fourth-order valence-corrected chi connectivity index (χ4v) is 8.80. The number of pyridine rings is 1. The van der Waals surface area contributed by atoms with Crippen LogP contribution in [-0.4, -0.2) is 4.98 Å². The van der Waals surface area contributed by atoms with Crippen LogP contribution >= 0.6 is 11.3 Å². The van der Waals surface area contributed by atoms with Crippen molar-refractivity contribution >= 4 is 48.6 Å². The van der Waals surface area contributed by atoms with Crippen molar-refractivity contribution in [2.24, 2.45) is 0 Å². The van der Waals surface area contributed by atoms with Gasteiger partial charge in [-0.3, -0.25) is 4.98 Å². The van der Waals surface area contributed by atoms with Gasteiger partial charge < -0.3 is 4.90 Å². The summed E-state index contributed by atoms with van der Waals surface area (Å²) in [5, 5.41) is 2.63. The second kappa shape index (κ2) is 14.6. The van der Waals surface area contributed by atoms with E-state index in [1.807, 2.05) is 29.8 Å². The molecule has 0 saturated carbocycles. The van der Waals surface area contributed by atoms with Crippen molar-refractivity contribution in [3.8, 4) is 55.6 Å². The molecule has 0 bridgehead atoms. The summed E-state index contributed by atoms with van der Waals surface area (Å²) in [4.78, 5) is 6.81. The van der Waals surface area contributed by atoms with E-state index >= 15 is 0 Å². The molecule has 0 fully saturated rings. The summed E-state index contributed by atoms with van der Waals surface area (Å²) in [5.74, 6) is 0. The van der Waals surface area contributed by atoms with Crippen LogP contribution in [0.25, 0.3) is 75.8 Å². The Morgan fingerprint density at radius 3 is 1.46 bits per heavy atom. The second-order valence-electron chi connectivity index (χ2n) is 14.0. The summed E-state index contributed by atoms with van der Waals surface area (Å²) in [7, 11) is 0. The first-order valence-electron chi connectivity index (χ1n) is 18.9. The van der Waals surface area contributed by atoms with Gasteiger partial charge in [0.2, 0.25) is 0 Å². The highest BCUT2D eigenvalue weighted by atomic mass is 32.1. The molecule has 0 N–H and O–H groups in total. The molecule has 2 aromatic heterocycles. The van der Waals surface area contributed by atoms with Crippen molar-refractivity contribution in [3.63, 3.8) is 0 Å². The number of fused-ring (bicyclic) bond motifs is 3. The van der Waals surface area contributed by atoms with Crippen LogP contribution in [-0.2, 0) is 0 Å². The van der Waals surface area contributed by atoms with Crippen molar-refractivity contribution < 1.29 is 0 Å². The van der Waals surface area contributed by atoms with E-state index in [1.165, 1.54) is 53.6 Å². The molecule has 0 radical (unpaired) electrons. The number of hydrogen-bond donors (Lipinski definition) is 0. The Kier molecular flexibility index (Phi) is 8.75. The van der Waals surface area contributed by atoms with E-state index in [1.54, 1.807) is 0 Å². The summed E-state index contributed by atoms with van der Waals surface area (Å²) in [6.45, 7) is 0. The number of aromatic nitrogens is 1. The van der Waals surface area contributed by atoms with Gasteiger partial charge in [-0.15, -0.1) is 11.3 Å². The fraction of sp³-hybridized carbons (Fsp3) is 0. The first-order chi connectivity index (χ1) is 27.7. The lowest BCUT2D eigenvalue weighted by atomic mass is 9.96. The van der Waals surface area contributed by atoms with Gasteiger partial charge in [0, 0.05) is 55.1 Å². The zero-order valence-electron chi connectivity index (χ0n) is 30.6. The van der Waals surface area contributed by atoms with E-state index in [4.69, 9.17) is 0 Å². The number of benzene rings is 8. The molecule has 0 spiro atoms.